The minimum Gasteiger partial charge on any atom is -0.357 e. The summed E-state index contributed by atoms with van der Waals surface area (Å²) in [6, 6.07) is 8.34. The van der Waals surface area contributed by atoms with E-state index < -0.39 is 0 Å². The summed E-state index contributed by atoms with van der Waals surface area (Å²) >= 11 is 0. The van der Waals surface area contributed by atoms with Gasteiger partial charge in [-0.3, -0.25) is 14.5 Å². The van der Waals surface area contributed by atoms with E-state index in [-0.39, 0.29) is 23.7 Å². The second-order valence-electron chi connectivity index (χ2n) is 7.48. The maximum absolute atomic E-state index is 13.0. The summed E-state index contributed by atoms with van der Waals surface area (Å²) in [4.78, 5) is 30.9. The Morgan fingerprint density at radius 1 is 1.12 bits per heavy atom. The molecule has 0 radical (unpaired) electrons. The number of benzene rings is 1. The Morgan fingerprint density at radius 3 is 2.75 bits per heavy atom. The molecule has 1 N–H and O–H groups in total. The van der Waals surface area contributed by atoms with E-state index in [1.54, 1.807) is 0 Å². The standard InChI is InChI=1S/C20H22N2O2/c1-2-22-19(23)16-12-8-4-3-7-11(12)15-13-9-5-6-10-14(13)21-18(15)17(16)20(22)24/h5-6,9-12,16-17,21H,2-4,7-8H2,1H3/t11-,12+,16+,17+/m0/s1. The zero-order valence-electron chi connectivity index (χ0n) is 13.9. The Balaban J connectivity index is 1.78. The van der Waals surface area contributed by atoms with Gasteiger partial charge in [0.15, 0.2) is 0 Å². The van der Waals surface area contributed by atoms with E-state index in [4.69, 9.17) is 0 Å². The zero-order valence-corrected chi connectivity index (χ0v) is 13.9. The maximum atomic E-state index is 13.0. The number of rotatable bonds is 1. The van der Waals surface area contributed by atoms with Crippen LogP contribution >= 0.6 is 0 Å². The number of nitrogens with zero attached hydrogens (tertiary/aromatic N) is 1. The third-order valence-corrected chi connectivity index (χ3v) is 6.50. The van der Waals surface area contributed by atoms with Gasteiger partial charge in [0.1, 0.15) is 0 Å². The molecule has 124 valence electrons. The fourth-order valence-electron chi connectivity index (χ4n) is 5.57. The number of hydrogen-bond acceptors (Lipinski definition) is 2. The van der Waals surface area contributed by atoms with Gasteiger partial charge in [-0.15, -0.1) is 0 Å². The van der Waals surface area contributed by atoms with Gasteiger partial charge < -0.3 is 4.98 Å². The molecular weight excluding hydrogens is 300 g/mol. The number of imide groups is 1. The molecule has 1 aromatic carbocycles. The first-order chi connectivity index (χ1) is 11.7. The van der Waals surface area contributed by atoms with E-state index in [9.17, 15) is 9.59 Å². The molecule has 1 aromatic heterocycles. The van der Waals surface area contributed by atoms with E-state index in [2.05, 4.69) is 23.2 Å². The Morgan fingerprint density at radius 2 is 1.92 bits per heavy atom. The Bertz CT molecular complexity index is 852. The first-order valence-electron chi connectivity index (χ1n) is 9.18. The summed E-state index contributed by atoms with van der Waals surface area (Å²) in [6.07, 6.45) is 4.60. The van der Waals surface area contributed by atoms with Crippen LogP contribution in [-0.2, 0) is 9.59 Å². The van der Waals surface area contributed by atoms with Gasteiger partial charge >= 0.3 is 0 Å². The topological polar surface area (TPSA) is 53.2 Å². The highest BCUT2D eigenvalue weighted by atomic mass is 16.2. The third kappa shape index (κ3) is 1.64. The summed E-state index contributed by atoms with van der Waals surface area (Å²) in [5.41, 5.74) is 3.46. The van der Waals surface area contributed by atoms with E-state index in [0.717, 1.165) is 24.1 Å². The molecule has 1 saturated heterocycles. The van der Waals surface area contributed by atoms with E-state index in [0.29, 0.717) is 18.4 Å². The lowest BCUT2D eigenvalue weighted by atomic mass is 9.61. The molecule has 24 heavy (non-hydrogen) atoms. The summed E-state index contributed by atoms with van der Waals surface area (Å²) < 4.78 is 0. The van der Waals surface area contributed by atoms with Crippen LogP contribution in [0.2, 0.25) is 0 Å². The molecule has 2 heterocycles. The predicted molar refractivity (Wildman–Crippen MR) is 91.6 cm³/mol. The average Bonchev–Trinajstić information content (AvgIpc) is 3.11. The molecule has 2 amide bonds. The van der Waals surface area contributed by atoms with Crippen molar-refractivity contribution >= 4 is 22.7 Å². The molecule has 3 aliphatic rings. The summed E-state index contributed by atoms with van der Waals surface area (Å²) in [6.45, 7) is 2.38. The van der Waals surface area contributed by atoms with Crippen LogP contribution in [-0.4, -0.2) is 28.2 Å². The SMILES string of the molecule is CCN1C(=O)[C@@H]2[C@@H]3CCCC[C@@H]3c3c([nH]c4ccccc34)[C@@H]2C1=O. The lowest BCUT2D eigenvalue weighted by Crippen LogP contribution is -2.37. The van der Waals surface area contributed by atoms with Gasteiger partial charge in [0.25, 0.3) is 0 Å². The van der Waals surface area contributed by atoms with Gasteiger partial charge in [0.05, 0.1) is 11.8 Å². The first-order valence-corrected chi connectivity index (χ1v) is 9.18. The number of carbonyl (C=O) groups excluding carboxylic acids is 2. The fraction of sp³-hybridized carbons (Fsp3) is 0.500. The molecular formula is C20H22N2O2. The Hall–Kier alpha value is -2.10. The van der Waals surface area contributed by atoms with Crippen LogP contribution in [0.15, 0.2) is 24.3 Å². The molecule has 1 saturated carbocycles. The monoisotopic (exact) mass is 322 g/mol. The molecule has 4 atom stereocenters. The third-order valence-electron chi connectivity index (χ3n) is 6.50. The number of amides is 2. The lowest BCUT2D eigenvalue weighted by Gasteiger charge is -2.41. The van der Waals surface area contributed by atoms with Crippen molar-refractivity contribution in [3.05, 3.63) is 35.5 Å². The van der Waals surface area contributed by atoms with E-state index >= 15 is 0 Å². The molecule has 4 heteroatoms. The largest absolute Gasteiger partial charge is 0.357 e. The highest BCUT2D eigenvalue weighted by molar-refractivity contribution is 6.09. The van der Waals surface area contributed by atoms with Crippen LogP contribution in [0, 0.1) is 11.8 Å². The molecule has 0 spiro atoms. The molecule has 0 unspecified atom stereocenters. The number of likely N-dealkylation sites (tertiary alicyclic amines) is 1. The molecule has 5 rings (SSSR count). The van der Waals surface area contributed by atoms with Crippen molar-refractivity contribution in [2.24, 2.45) is 11.8 Å². The second-order valence-corrected chi connectivity index (χ2v) is 7.48. The van der Waals surface area contributed by atoms with Crippen LogP contribution in [0.3, 0.4) is 0 Å². The predicted octanol–water partition coefficient (Wildman–Crippen LogP) is 3.54. The smallest absolute Gasteiger partial charge is 0.239 e. The van der Waals surface area contributed by atoms with Gasteiger partial charge in [-0.05, 0) is 43.2 Å². The van der Waals surface area contributed by atoms with Crippen LogP contribution in [0.25, 0.3) is 10.9 Å². The molecule has 2 aromatic rings. The number of likely N-dealkylation sites (N-methyl/N-ethyl adjacent to an activating group) is 1. The van der Waals surface area contributed by atoms with Crippen molar-refractivity contribution in [1.82, 2.24) is 9.88 Å². The number of hydrogen-bond donors (Lipinski definition) is 1. The molecule has 0 bridgehead atoms. The number of nitrogens with one attached hydrogen (secondary N) is 1. The fourth-order valence-corrected chi connectivity index (χ4v) is 5.57. The number of H-pyrrole nitrogens is 1. The Labute approximate surface area is 141 Å². The summed E-state index contributed by atoms with van der Waals surface area (Å²) in [5.74, 6) is 0.365. The summed E-state index contributed by atoms with van der Waals surface area (Å²) in [7, 11) is 0. The lowest BCUT2D eigenvalue weighted by molar-refractivity contribution is -0.139. The van der Waals surface area contributed by atoms with Crippen molar-refractivity contribution in [2.75, 3.05) is 6.54 Å². The number of aromatic nitrogens is 1. The van der Waals surface area contributed by atoms with Crippen LogP contribution in [0.4, 0.5) is 0 Å². The highest BCUT2D eigenvalue weighted by Crippen LogP contribution is 2.57. The highest BCUT2D eigenvalue weighted by Gasteiger charge is 2.57. The van der Waals surface area contributed by atoms with Crippen molar-refractivity contribution in [1.29, 1.82) is 0 Å². The molecule has 2 aliphatic carbocycles. The van der Waals surface area contributed by atoms with Gasteiger partial charge in [0.2, 0.25) is 11.8 Å². The van der Waals surface area contributed by atoms with Gasteiger partial charge in [-0.1, -0.05) is 31.0 Å². The number of para-hydroxylation sites is 1. The van der Waals surface area contributed by atoms with Gasteiger partial charge in [-0.25, -0.2) is 0 Å². The first kappa shape index (κ1) is 14.3. The Kier molecular flexibility index (Phi) is 2.94. The quantitative estimate of drug-likeness (QED) is 0.816. The second kappa shape index (κ2) is 4.95. The van der Waals surface area contributed by atoms with Crippen molar-refractivity contribution in [3.8, 4) is 0 Å². The minimum atomic E-state index is -0.292. The maximum Gasteiger partial charge on any atom is 0.239 e. The van der Waals surface area contributed by atoms with Crippen molar-refractivity contribution < 1.29 is 9.59 Å². The minimum absolute atomic E-state index is 0.00401. The number of fused-ring (bicyclic) bond motifs is 8. The van der Waals surface area contributed by atoms with Gasteiger partial charge in [0, 0.05) is 23.1 Å². The zero-order chi connectivity index (χ0) is 16.4. The molecule has 4 nitrogen and oxygen atoms in total. The number of carbonyl (C=O) groups is 2. The van der Waals surface area contributed by atoms with Crippen molar-refractivity contribution in [2.45, 2.75) is 44.4 Å². The van der Waals surface area contributed by atoms with E-state index in [1.807, 2.05) is 13.0 Å². The summed E-state index contributed by atoms with van der Waals surface area (Å²) in [5, 5.41) is 1.25. The average molecular weight is 322 g/mol. The van der Waals surface area contributed by atoms with Crippen LogP contribution in [0.5, 0.6) is 0 Å². The molecule has 1 aliphatic heterocycles. The van der Waals surface area contributed by atoms with E-state index in [1.165, 1.54) is 28.7 Å². The van der Waals surface area contributed by atoms with Gasteiger partial charge in [-0.2, -0.15) is 0 Å². The normalized spacial score (nSPS) is 32.0. The van der Waals surface area contributed by atoms with Crippen LogP contribution in [0.1, 0.15) is 55.7 Å². The van der Waals surface area contributed by atoms with Crippen molar-refractivity contribution in [3.63, 3.8) is 0 Å². The molecule has 2 fully saturated rings. The van der Waals surface area contributed by atoms with Crippen LogP contribution < -0.4 is 0 Å². The number of aromatic amines is 1.